The first-order valence-electron chi connectivity index (χ1n) is 11.4. The molecule has 0 aromatic carbocycles. The number of likely N-dealkylation sites (tertiary alicyclic amines) is 1. The molecule has 0 saturated carbocycles. The van der Waals surface area contributed by atoms with Crippen molar-refractivity contribution < 1.29 is 9.18 Å². The molecule has 2 fully saturated rings. The topological polar surface area (TPSA) is 90.4 Å². The Morgan fingerprint density at radius 1 is 1.24 bits per heavy atom. The van der Waals surface area contributed by atoms with Crippen molar-refractivity contribution in [3.63, 3.8) is 0 Å². The number of carbonyl (C=O) groups excluding carboxylic acids is 1. The van der Waals surface area contributed by atoms with Gasteiger partial charge < -0.3 is 9.80 Å². The maximum absolute atomic E-state index is 13.6. The van der Waals surface area contributed by atoms with Gasteiger partial charge in [0.25, 0.3) is 5.91 Å². The number of anilines is 1. The van der Waals surface area contributed by atoms with Crippen LogP contribution in [0, 0.1) is 36.0 Å². The van der Waals surface area contributed by atoms with Crippen molar-refractivity contribution in [1.29, 1.82) is 5.26 Å². The molecule has 0 bridgehead atoms. The normalized spacial score (nSPS) is 23.2. The van der Waals surface area contributed by atoms with Crippen molar-refractivity contribution in [2.24, 2.45) is 11.8 Å². The van der Waals surface area contributed by atoms with Crippen LogP contribution in [0.4, 0.5) is 10.2 Å². The number of aryl methyl sites for hydroxylation is 1. The van der Waals surface area contributed by atoms with E-state index in [1.165, 1.54) is 12.1 Å². The van der Waals surface area contributed by atoms with Gasteiger partial charge in [-0.05, 0) is 44.2 Å². The highest BCUT2D eigenvalue weighted by Crippen LogP contribution is 2.33. The van der Waals surface area contributed by atoms with E-state index in [0.717, 1.165) is 42.9 Å². The summed E-state index contributed by atoms with van der Waals surface area (Å²) in [4.78, 5) is 25.7. The van der Waals surface area contributed by atoms with Crippen molar-refractivity contribution in [3.05, 3.63) is 53.4 Å². The van der Waals surface area contributed by atoms with Crippen molar-refractivity contribution in [3.8, 4) is 6.07 Å². The Morgan fingerprint density at radius 3 is 2.85 bits per heavy atom. The molecular formula is C24H26FN7O. The van der Waals surface area contributed by atoms with Gasteiger partial charge in [-0.15, -0.1) is 0 Å². The van der Waals surface area contributed by atoms with E-state index in [1.54, 1.807) is 15.5 Å². The lowest BCUT2D eigenvalue weighted by molar-refractivity contribution is 0.0598. The molecule has 2 aliphatic rings. The van der Waals surface area contributed by atoms with E-state index in [-0.39, 0.29) is 23.6 Å². The standard InChI is InChI=1S/C24H26FN7O/c1-15-12-30(14-17(15)11-26)23-16(2)13-32-22(28-23)10-19(29-32)20-7-3-4-9-31(20)24(33)18-6-5-8-21(25)27-18/h5-6,8,10,13,15,17,20H,3-4,7,9,12,14H2,1-2H3/t15-,17+,20-/m0/s1. The zero-order chi connectivity index (χ0) is 23.1. The summed E-state index contributed by atoms with van der Waals surface area (Å²) >= 11 is 0. The fraction of sp³-hybridized carbons (Fsp3) is 0.458. The van der Waals surface area contributed by atoms with Crippen molar-refractivity contribution in [1.82, 2.24) is 24.5 Å². The lowest BCUT2D eigenvalue weighted by atomic mass is 9.99. The van der Waals surface area contributed by atoms with Crippen LogP contribution in [0.15, 0.2) is 30.5 Å². The smallest absolute Gasteiger partial charge is 0.273 e. The van der Waals surface area contributed by atoms with Crippen molar-refractivity contribution in [2.75, 3.05) is 24.5 Å². The van der Waals surface area contributed by atoms with Gasteiger partial charge in [-0.3, -0.25) is 4.79 Å². The Morgan fingerprint density at radius 2 is 2.09 bits per heavy atom. The van der Waals surface area contributed by atoms with E-state index < -0.39 is 5.95 Å². The van der Waals surface area contributed by atoms with E-state index in [0.29, 0.717) is 24.7 Å². The van der Waals surface area contributed by atoms with Crippen molar-refractivity contribution >= 4 is 17.4 Å². The van der Waals surface area contributed by atoms with Crippen LogP contribution in [-0.2, 0) is 0 Å². The van der Waals surface area contributed by atoms with Crippen LogP contribution in [0.5, 0.6) is 0 Å². The summed E-state index contributed by atoms with van der Waals surface area (Å²) in [6, 6.07) is 8.40. The zero-order valence-electron chi connectivity index (χ0n) is 18.8. The quantitative estimate of drug-likeness (QED) is 0.571. The van der Waals surface area contributed by atoms with Gasteiger partial charge in [0.1, 0.15) is 11.5 Å². The summed E-state index contributed by atoms with van der Waals surface area (Å²) in [7, 11) is 0. The second-order valence-electron chi connectivity index (χ2n) is 9.09. The third-order valence-corrected chi connectivity index (χ3v) is 6.74. The number of hydrogen-bond acceptors (Lipinski definition) is 6. The molecule has 2 aliphatic heterocycles. The fourth-order valence-electron chi connectivity index (χ4n) is 4.97. The summed E-state index contributed by atoms with van der Waals surface area (Å²) in [5, 5.41) is 14.1. The molecule has 5 rings (SSSR count). The largest absolute Gasteiger partial charge is 0.355 e. The lowest BCUT2D eigenvalue weighted by Crippen LogP contribution is -2.39. The second kappa shape index (κ2) is 8.43. The minimum absolute atomic E-state index is 0.00106. The Balaban J connectivity index is 1.46. The number of pyridine rings is 1. The summed E-state index contributed by atoms with van der Waals surface area (Å²) in [6.07, 6.45) is 4.61. The molecule has 9 heteroatoms. The van der Waals surface area contributed by atoms with Gasteiger partial charge in [0, 0.05) is 37.5 Å². The summed E-state index contributed by atoms with van der Waals surface area (Å²) in [5.74, 6) is 0.227. The van der Waals surface area contributed by atoms with Gasteiger partial charge in [0.05, 0.1) is 23.7 Å². The van der Waals surface area contributed by atoms with Crippen LogP contribution in [0.2, 0.25) is 0 Å². The van der Waals surface area contributed by atoms with Gasteiger partial charge in [0.15, 0.2) is 5.65 Å². The Kier molecular flexibility index (Phi) is 5.44. The third-order valence-electron chi connectivity index (χ3n) is 6.74. The molecule has 8 nitrogen and oxygen atoms in total. The zero-order valence-corrected chi connectivity index (χ0v) is 18.8. The predicted octanol–water partition coefficient (Wildman–Crippen LogP) is 3.54. The highest BCUT2D eigenvalue weighted by atomic mass is 19.1. The molecule has 0 unspecified atom stereocenters. The first-order chi connectivity index (χ1) is 15.9. The van der Waals surface area contributed by atoms with Gasteiger partial charge in [-0.2, -0.15) is 14.8 Å². The summed E-state index contributed by atoms with van der Waals surface area (Å²) < 4.78 is 15.4. The van der Waals surface area contributed by atoms with Gasteiger partial charge in [-0.1, -0.05) is 13.0 Å². The number of nitrogens with zero attached hydrogens (tertiary/aromatic N) is 7. The van der Waals surface area contributed by atoms with Crippen molar-refractivity contribution in [2.45, 2.75) is 39.2 Å². The maximum atomic E-state index is 13.6. The van der Waals surface area contributed by atoms with Gasteiger partial charge in [0.2, 0.25) is 5.95 Å². The highest BCUT2D eigenvalue weighted by molar-refractivity contribution is 5.92. The Bertz CT molecular complexity index is 1250. The molecule has 0 aliphatic carbocycles. The van der Waals surface area contributed by atoms with Gasteiger partial charge in [-0.25, -0.2) is 14.5 Å². The monoisotopic (exact) mass is 447 g/mol. The number of carbonyl (C=O) groups is 1. The predicted molar refractivity (Wildman–Crippen MR) is 120 cm³/mol. The van der Waals surface area contributed by atoms with Crippen LogP contribution in [-0.4, -0.2) is 50.0 Å². The summed E-state index contributed by atoms with van der Waals surface area (Å²) in [5.41, 5.74) is 2.58. The Hall–Kier alpha value is -3.54. The van der Waals surface area contributed by atoms with E-state index in [4.69, 9.17) is 10.1 Å². The number of piperidine rings is 1. The maximum Gasteiger partial charge on any atom is 0.273 e. The van der Waals surface area contributed by atoms with E-state index in [9.17, 15) is 14.4 Å². The number of hydrogen-bond donors (Lipinski definition) is 0. The first kappa shape index (κ1) is 21.3. The number of nitriles is 1. The fourth-order valence-corrected chi connectivity index (χ4v) is 4.97. The Labute approximate surface area is 191 Å². The van der Waals surface area contributed by atoms with Crippen LogP contribution in [0.3, 0.4) is 0 Å². The third kappa shape index (κ3) is 3.90. The molecule has 0 spiro atoms. The molecule has 3 aromatic rings. The van der Waals surface area contributed by atoms with E-state index >= 15 is 0 Å². The lowest BCUT2D eigenvalue weighted by Gasteiger charge is -2.34. The number of halogens is 1. The number of amides is 1. The number of aromatic nitrogens is 4. The molecule has 1 amide bonds. The molecule has 170 valence electrons. The van der Waals surface area contributed by atoms with Crippen LogP contribution in [0.1, 0.15) is 54.0 Å². The average molecular weight is 448 g/mol. The van der Waals surface area contributed by atoms with Crippen LogP contribution in [0.25, 0.3) is 5.65 Å². The van der Waals surface area contributed by atoms with Crippen LogP contribution >= 0.6 is 0 Å². The summed E-state index contributed by atoms with van der Waals surface area (Å²) in [6.45, 7) is 6.15. The number of fused-ring (bicyclic) bond motifs is 1. The van der Waals surface area contributed by atoms with Gasteiger partial charge >= 0.3 is 0 Å². The number of rotatable bonds is 3. The molecule has 2 saturated heterocycles. The molecule has 0 N–H and O–H groups in total. The van der Waals surface area contributed by atoms with Crippen LogP contribution < -0.4 is 4.90 Å². The molecular weight excluding hydrogens is 421 g/mol. The average Bonchev–Trinajstić information content (AvgIpc) is 3.40. The molecule has 3 aromatic heterocycles. The minimum Gasteiger partial charge on any atom is -0.355 e. The molecule has 0 radical (unpaired) electrons. The first-order valence-corrected chi connectivity index (χ1v) is 11.4. The SMILES string of the molecule is Cc1cn2nc([C@@H]3CCCCN3C(=O)c3cccc(F)n3)cc2nc1N1C[C@@H](C#N)[C@@H](C)C1. The van der Waals surface area contributed by atoms with E-state index in [1.807, 2.05) is 19.2 Å². The van der Waals surface area contributed by atoms with E-state index in [2.05, 4.69) is 22.9 Å². The second-order valence-corrected chi connectivity index (χ2v) is 9.09. The molecule has 5 heterocycles. The molecule has 3 atom stereocenters. The highest BCUT2D eigenvalue weighted by Gasteiger charge is 2.33. The molecule has 33 heavy (non-hydrogen) atoms. The minimum atomic E-state index is -0.663.